The number of nitrogens with zero attached hydrogens (tertiary/aromatic N) is 1. The van der Waals surface area contributed by atoms with E-state index in [-0.39, 0.29) is 5.91 Å². The third-order valence-corrected chi connectivity index (χ3v) is 2.47. The van der Waals surface area contributed by atoms with E-state index in [9.17, 15) is 4.79 Å². The van der Waals surface area contributed by atoms with Crippen LogP contribution in [0.3, 0.4) is 0 Å². The summed E-state index contributed by atoms with van der Waals surface area (Å²) in [6, 6.07) is 8.73. The van der Waals surface area contributed by atoms with Crippen LogP contribution in [0.5, 0.6) is 0 Å². The number of aromatic nitrogens is 1. The third-order valence-electron chi connectivity index (χ3n) is 2.47. The fourth-order valence-corrected chi connectivity index (χ4v) is 1.46. The quantitative estimate of drug-likeness (QED) is 0.773. The Bertz CT molecular complexity index is 538. The van der Waals surface area contributed by atoms with Crippen molar-refractivity contribution in [3.05, 3.63) is 53.9 Å². The van der Waals surface area contributed by atoms with E-state index in [2.05, 4.69) is 10.3 Å². The Balaban J connectivity index is 2.16. The van der Waals surface area contributed by atoms with Gasteiger partial charge >= 0.3 is 0 Å². The summed E-state index contributed by atoms with van der Waals surface area (Å²) in [5.41, 5.74) is 8.68. The predicted molar refractivity (Wildman–Crippen MR) is 67.8 cm³/mol. The molecule has 0 atom stereocenters. The zero-order valence-corrected chi connectivity index (χ0v) is 9.47. The van der Waals surface area contributed by atoms with Crippen LogP contribution >= 0.6 is 0 Å². The molecule has 1 heterocycles. The zero-order chi connectivity index (χ0) is 12.3. The van der Waals surface area contributed by atoms with Crippen LogP contribution in [0.15, 0.2) is 42.7 Å². The van der Waals surface area contributed by atoms with Crippen molar-refractivity contribution >= 4 is 17.3 Å². The number of benzene rings is 1. The molecule has 0 radical (unpaired) electrons. The molecule has 1 aromatic heterocycles. The first-order valence-corrected chi connectivity index (χ1v) is 5.24. The van der Waals surface area contributed by atoms with Crippen LogP contribution in [-0.2, 0) is 0 Å². The second-order valence-electron chi connectivity index (χ2n) is 3.76. The summed E-state index contributed by atoms with van der Waals surface area (Å²) in [6.45, 7) is 1.90. The molecule has 2 aromatic rings. The first kappa shape index (κ1) is 11.1. The number of nitrogen functional groups attached to an aromatic ring is 1. The van der Waals surface area contributed by atoms with Gasteiger partial charge in [-0.05, 0) is 42.8 Å². The number of aryl methyl sites for hydroxylation is 1. The topological polar surface area (TPSA) is 68.0 Å². The van der Waals surface area contributed by atoms with Gasteiger partial charge in [0.1, 0.15) is 0 Å². The van der Waals surface area contributed by atoms with Crippen LogP contribution in [-0.4, -0.2) is 10.9 Å². The molecule has 17 heavy (non-hydrogen) atoms. The first-order valence-electron chi connectivity index (χ1n) is 5.24. The lowest BCUT2D eigenvalue weighted by atomic mass is 10.1. The van der Waals surface area contributed by atoms with Crippen LogP contribution in [0, 0.1) is 6.92 Å². The summed E-state index contributed by atoms with van der Waals surface area (Å²) < 4.78 is 0. The van der Waals surface area contributed by atoms with Crippen molar-refractivity contribution in [3.63, 3.8) is 0 Å². The maximum atomic E-state index is 11.8. The largest absolute Gasteiger partial charge is 0.399 e. The highest BCUT2D eigenvalue weighted by Crippen LogP contribution is 2.17. The van der Waals surface area contributed by atoms with Gasteiger partial charge < -0.3 is 11.1 Å². The molecule has 0 unspecified atom stereocenters. The average Bonchev–Trinajstić information content (AvgIpc) is 2.35. The summed E-state index contributed by atoms with van der Waals surface area (Å²) in [7, 11) is 0. The molecule has 0 aliphatic carbocycles. The van der Waals surface area contributed by atoms with Crippen LogP contribution < -0.4 is 11.1 Å². The van der Waals surface area contributed by atoms with Gasteiger partial charge in [-0.15, -0.1) is 0 Å². The van der Waals surface area contributed by atoms with Gasteiger partial charge in [0.15, 0.2) is 0 Å². The normalized spacial score (nSPS) is 9.94. The number of amides is 1. The third kappa shape index (κ3) is 2.60. The van der Waals surface area contributed by atoms with E-state index in [1.165, 1.54) is 0 Å². The number of hydrogen-bond donors (Lipinski definition) is 2. The molecule has 0 saturated carbocycles. The van der Waals surface area contributed by atoms with Crippen molar-refractivity contribution in [1.82, 2.24) is 4.98 Å². The minimum Gasteiger partial charge on any atom is -0.399 e. The highest BCUT2D eigenvalue weighted by molar-refractivity contribution is 6.04. The Morgan fingerprint density at radius 2 is 1.94 bits per heavy atom. The highest BCUT2D eigenvalue weighted by atomic mass is 16.1. The number of carbonyl (C=O) groups is 1. The smallest absolute Gasteiger partial charge is 0.255 e. The molecule has 0 aliphatic heterocycles. The summed E-state index contributed by atoms with van der Waals surface area (Å²) in [6.07, 6.45) is 3.17. The fraction of sp³-hybridized carbons (Fsp3) is 0.0769. The molecule has 2 rings (SSSR count). The summed E-state index contributed by atoms with van der Waals surface area (Å²) in [5, 5.41) is 2.80. The molecule has 0 aliphatic rings. The van der Waals surface area contributed by atoms with Gasteiger partial charge in [-0.3, -0.25) is 9.78 Å². The molecule has 4 heteroatoms. The number of nitrogens with two attached hydrogens (primary N) is 1. The van der Waals surface area contributed by atoms with E-state index in [4.69, 9.17) is 5.73 Å². The second-order valence-corrected chi connectivity index (χ2v) is 3.76. The van der Waals surface area contributed by atoms with Crippen LogP contribution in [0.1, 0.15) is 15.9 Å². The van der Waals surface area contributed by atoms with Crippen molar-refractivity contribution < 1.29 is 4.79 Å². The second kappa shape index (κ2) is 4.65. The summed E-state index contributed by atoms with van der Waals surface area (Å²) >= 11 is 0. The Kier molecular flexibility index (Phi) is 3.05. The Hall–Kier alpha value is -2.36. The number of carbonyl (C=O) groups excluding carboxylic acids is 1. The van der Waals surface area contributed by atoms with E-state index in [0.717, 1.165) is 11.3 Å². The Morgan fingerprint density at radius 3 is 2.59 bits per heavy atom. The monoisotopic (exact) mass is 227 g/mol. The van der Waals surface area contributed by atoms with Crippen molar-refractivity contribution in [3.8, 4) is 0 Å². The lowest BCUT2D eigenvalue weighted by Crippen LogP contribution is -2.12. The summed E-state index contributed by atoms with van der Waals surface area (Å²) in [4.78, 5) is 15.7. The number of rotatable bonds is 2. The number of anilines is 2. The van der Waals surface area contributed by atoms with Crippen molar-refractivity contribution in [1.29, 1.82) is 0 Å². The molecule has 86 valence electrons. The SMILES string of the molecule is Cc1cc(NC(=O)c2ccncc2)ccc1N. The highest BCUT2D eigenvalue weighted by Gasteiger charge is 2.05. The lowest BCUT2D eigenvalue weighted by molar-refractivity contribution is 0.102. The standard InChI is InChI=1S/C13H13N3O/c1-9-8-11(2-3-12(9)14)16-13(17)10-4-6-15-7-5-10/h2-8H,14H2,1H3,(H,16,17). The molecule has 0 fully saturated rings. The minimum absolute atomic E-state index is 0.156. The zero-order valence-electron chi connectivity index (χ0n) is 9.47. The van der Waals surface area contributed by atoms with Gasteiger partial charge in [0.05, 0.1) is 0 Å². The van der Waals surface area contributed by atoms with E-state index in [0.29, 0.717) is 11.3 Å². The molecule has 0 bridgehead atoms. The molecule has 0 saturated heterocycles. The van der Waals surface area contributed by atoms with Gasteiger partial charge in [0.2, 0.25) is 0 Å². The van der Waals surface area contributed by atoms with Crippen molar-refractivity contribution in [2.24, 2.45) is 0 Å². The number of hydrogen-bond acceptors (Lipinski definition) is 3. The van der Waals surface area contributed by atoms with E-state index < -0.39 is 0 Å². The lowest BCUT2D eigenvalue weighted by Gasteiger charge is -2.07. The average molecular weight is 227 g/mol. The maximum absolute atomic E-state index is 11.8. The van der Waals surface area contributed by atoms with Crippen LogP contribution in [0.25, 0.3) is 0 Å². The number of pyridine rings is 1. The first-order chi connectivity index (χ1) is 8.16. The van der Waals surface area contributed by atoms with Crippen LogP contribution in [0.4, 0.5) is 11.4 Å². The summed E-state index contributed by atoms with van der Waals surface area (Å²) in [5.74, 6) is -0.156. The van der Waals surface area contributed by atoms with Gasteiger partial charge in [0, 0.05) is 29.3 Å². The predicted octanol–water partition coefficient (Wildman–Crippen LogP) is 2.22. The molecule has 0 spiro atoms. The van der Waals surface area contributed by atoms with Crippen LogP contribution in [0.2, 0.25) is 0 Å². The van der Waals surface area contributed by atoms with E-state index >= 15 is 0 Å². The Morgan fingerprint density at radius 1 is 1.24 bits per heavy atom. The maximum Gasteiger partial charge on any atom is 0.255 e. The van der Waals surface area contributed by atoms with E-state index in [1.807, 2.05) is 13.0 Å². The molecule has 3 N–H and O–H groups in total. The molecule has 1 amide bonds. The van der Waals surface area contributed by atoms with Gasteiger partial charge in [-0.2, -0.15) is 0 Å². The molecule has 1 aromatic carbocycles. The van der Waals surface area contributed by atoms with Crippen molar-refractivity contribution in [2.45, 2.75) is 6.92 Å². The van der Waals surface area contributed by atoms with Crippen molar-refractivity contribution in [2.75, 3.05) is 11.1 Å². The fourth-order valence-electron chi connectivity index (χ4n) is 1.46. The van der Waals surface area contributed by atoms with Gasteiger partial charge in [0.25, 0.3) is 5.91 Å². The molecular weight excluding hydrogens is 214 g/mol. The van der Waals surface area contributed by atoms with Gasteiger partial charge in [-0.25, -0.2) is 0 Å². The van der Waals surface area contributed by atoms with Gasteiger partial charge in [-0.1, -0.05) is 0 Å². The minimum atomic E-state index is -0.156. The molecular formula is C13H13N3O. The van der Waals surface area contributed by atoms with E-state index in [1.54, 1.807) is 36.7 Å². The Labute approximate surface area is 99.5 Å². The molecule has 4 nitrogen and oxygen atoms in total. The number of nitrogens with one attached hydrogen (secondary N) is 1.